The fourth-order valence-corrected chi connectivity index (χ4v) is 3.46. The standard InChI is InChI=1S/C15H14BrClFNS/c16-11-2-1-3-14(8-11)20-9-13(19)7-10-6-12(18)4-5-15(10)17/h1-6,8,13H,7,9,19H2. The first-order chi connectivity index (χ1) is 9.54. The quantitative estimate of drug-likeness (QED) is 0.753. The highest BCUT2D eigenvalue weighted by Crippen LogP contribution is 2.24. The Labute approximate surface area is 135 Å². The molecule has 0 bridgehead atoms. The van der Waals surface area contributed by atoms with E-state index in [1.54, 1.807) is 17.8 Å². The Morgan fingerprint density at radius 3 is 2.80 bits per heavy atom. The van der Waals surface area contributed by atoms with Crippen molar-refractivity contribution in [3.63, 3.8) is 0 Å². The predicted molar refractivity (Wildman–Crippen MR) is 88.0 cm³/mol. The second-order valence-electron chi connectivity index (χ2n) is 4.47. The Hall–Kier alpha value is -0.550. The number of nitrogens with two attached hydrogens (primary N) is 1. The third-order valence-electron chi connectivity index (χ3n) is 2.75. The molecule has 0 spiro atoms. The lowest BCUT2D eigenvalue weighted by atomic mass is 10.1. The zero-order valence-electron chi connectivity index (χ0n) is 10.7. The topological polar surface area (TPSA) is 26.0 Å². The summed E-state index contributed by atoms with van der Waals surface area (Å²) in [5.41, 5.74) is 6.86. The second-order valence-corrected chi connectivity index (χ2v) is 6.88. The molecule has 2 aromatic rings. The zero-order chi connectivity index (χ0) is 14.5. The van der Waals surface area contributed by atoms with Crippen LogP contribution in [0, 0.1) is 5.82 Å². The molecule has 106 valence electrons. The predicted octanol–water partition coefficient (Wildman–Crippen LogP) is 4.90. The van der Waals surface area contributed by atoms with Crippen molar-refractivity contribution >= 4 is 39.3 Å². The molecule has 0 radical (unpaired) electrons. The zero-order valence-corrected chi connectivity index (χ0v) is 13.8. The van der Waals surface area contributed by atoms with E-state index in [0.29, 0.717) is 11.4 Å². The van der Waals surface area contributed by atoms with E-state index < -0.39 is 0 Å². The molecule has 0 heterocycles. The molecule has 1 unspecified atom stereocenters. The average Bonchev–Trinajstić information content (AvgIpc) is 2.41. The van der Waals surface area contributed by atoms with E-state index in [0.717, 1.165) is 20.7 Å². The molecule has 0 aliphatic heterocycles. The summed E-state index contributed by atoms with van der Waals surface area (Å²) in [6.45, 7) is 0. The molecular weight excluding hydrogens is 361 g/mol. The number of thioether (sulfide) groups is 1. The summed E-state index contributed by atoms with van der Waals surface area (Å²) in [7, 11) is 0. The van der Waals surface area contributed by atoms with Crippen LogP contribution in [0.5, 0.6) is 0 Å². The van der Waals surface area contributed by atoms with Gasteiger partial charge in [0.05, 0.1) is 0 Å². The number of halogens is 3. The van der Waals surface area contributed by atoms with E-state index in [1.807, 2.05) is 24.3 Å². The van der Waals surface area contributed by atoms with Crippen molar-refractivity contribution < 1.29 is 4.39 Å². The Balaban J connectivity index is 1.92. The van der Waals surface area contributed by atoms with E-state index in [4.69, 9.17) is 17.3 Å². The largest absolute Gasteiger partial charge is 0.327 e. The van der Waals surface area contributed by atoms with Gasteiger partial charge in [0.1, 0.15) is 5.82 Å². The first-order valence-corrected chi connectivity index (χ1v) is 8.28. The van der Waals surface area contributed by atoms with Crippen LogP contribution in [0.2, 0.25) is 5.02 Å². The van der Waals surface area contributed by atoms with Crippen LogP contribution in [-0.4, -0.2) is 11.8 Å². The molecule has 0 saturated heterocycles. The van der Waals surface area contributed by atoms with E-state index in [9.17, 15) is 4.39 Å². The first-order valence-electron chi connectivity index (χ1n) is 6.12. The molecule has 2 aromatic carbocycles. The highest BCUT2D eigenvalue weighted by Gasteiger charge is 2.09. The molecule has 0 saturated carbocycles. The minimum atomic E-state index is -0.281. The Morgan fingerprint density at radius 1 is 1.25 bits per heavy atom. The molecule has 1 nitrogen and oxygen atoms in total. The minimum absolute atomic E-state index is 0.0710. The first kappa shape index (κ1) is 15.8. The van der Waals surface area contributed by atoms with Crippen molar-refractivity contribution in [1.29, 1.82) is 0 Å². The Morgan fingerprint density at radius 2 is 2.05 bits per heavy atom. The van der Waals surface area contributed by atoms with Crippen LogP contribution in [0.4, 0.5) is 4.39 Å². The smallest absolute Gasteiger partial charge is 0.123 e. The summed E-state index contributed by atoms with van der Waals surface area (Å²) in [4.78, 5) is 1.15. The third kappa shape index (κ3) is 4.77. The van der Waals surface area contributed by atoms with Crippen molar-refractivity contribution in [1.82, 2.24) is 0 Å². The molecule has 5 heteroatoms. The fraction of sp³-hybridized carbons (Fsp3) is 0.200. The molecule has 20 heavy (non-hydrogen) atoms. The summed E-state index contributed by atoms with van der Waals surface area (Å²) in [5, 5.41) is 0.564. The maximum atomic E-state index is 13.2. The summed E-state index contributed by atoms with van der Waals surface area (Å²) >= 11 is 11.2. The number of hydrogen-bond donors (Lipinski definition) is 1. The molecule has 0 aliphatic carbocycles. The normalized spacial score (nSPS) is 12.4. The maximum Gasteiger partial charge on any atom is 0.123 e. The van der Waals surface area contributed by atoms with Crippen molar-refractivity contribution in [3.05, 3.63) is 63.3 Å². The van der Waals surface area contributed by atoms with Crippen LogP contribution in [0.1, 0.15) is 5.56 Å². The lowest BCUT2D eigenvalue weighted by Gasteiger charge is -2.12. The van der Waals surface area contributed by atoms with E-state index >= 15 is 0 Å². The van der Waals surface area contributed by atoms with E-state index in [1.165, 1.54) is 12.1 Å². The second kappa shape index (κ2) is 7.46. The van der Waals surface area contributed by atoms with Gasteiger partial charge in [-0.05, 0) is 48.4 Å². The van der Waals surface area contributed by atoms with Crippen LogP contribution < -0.4 is 5.73 Å². The van der Waals surface area contributed by atoms with Gasteiger partial charge < -0.3 is 5.73 Å². The Bertz CT molecular complexity index is 594. The highest BCUT2D eigenvalue weighted by atomic mass is 79.9. The molecule has 0 amide bonds. The molecular formula is C15H14BrClFNS. The van der Waals surface area contributed by atoms with Gasteiger partial charge in [0.25, 0.3) is 0 Å². The molecule has 2 N–H and O–H groups in total. The van der Waals surface area contributed by atoms with E-state index in [2.05, 4.69) is 15.9 Å². The van der Waals surface area contributed by atoms with Gasteiger partial charge in [-0.3, -0.25) is 0 Å². The summed E-state index contributed by atoms with van der Waals surface area (Å²) < 4.78 is 14.2. The van der Waals surface area contributed by atoms with Gasteiger partial charge in [-0.2, -0.15) is 0 Å². The van der Waals surface area contributed by atoms with Gasteiger partial charge in [-0.1, -0.05) is 33.6 Å². The van der Waals surface area contributed by atoms with Gasteiger partial charge in [-0.15, -0.1) is 11.8 Å². The van der Waals surface area contributed by atoms with E-state index in [-0.39, 0.29) is 11.9 Å². The molecule has 0 aliphatic rings. The van der Waals surface area contributed by atoms with Gasteiger partial charge in [0.15, 0.2) is 0 Å². The monoisotopic (exact) mass is 373 g/mol. The fourth-order valence-electron chi connectivity index (χ4n) is 1.80. The van der Waals surface area contributed by atoms with Gasteiger partial charge in [0, 0.05) is 26.2 Å². The van der Waals surface area contributed by atoms with Gasteiger partial charge >= 0.3 is 0 Å². The van der Waals surface area contributed by atoms with Gasteiger partial charge in [0.2, 0.25) is 0 Å². The number of hydrogen-bond acceptors (Lipinski definition) is 2. The summed E-state index contributed by atoms with van der Waals surface area (Å²) in [5.74, 6) is 0.472. The average molecular weight is 375 g/mol. The van der Waals surface area contributed by atoms with Gasteiger partial charge in [-0.25, -0.2) is 4.39 Å². The van der Waals surface area contributed by atoms with Crippen LogP contribution in [-0.2, 0) is 6.42 Å². The summed E-state index contributed by atoms with van der Waals surface area (Å²) in [6.07, 6.45) is 0.567. The van der Waals surface area contributed by atoms with Crippen LogP contribution in [0.25, 0.3) is 0 Å². The number of benzene rings is 2. The third-order valence-corrected chi connectivity index (χ3v) is 4.79. The number of rotatable bonds is 5. The lowest BCUT2D eigenvalue weighted by Crippen LogP contribution is -2.25. The SMILES string of the molecule is NC(CSc1cccc(Br)c1)Cc1cc(F)ccc1Cl. The van der Waals surface area contributed by atoms with Crippen LogP contribution >= 0.6 is 39.3 Å². The minimum Gasteiger partial charge on any atom is -0.327 e. The van der Waals surface area contributed by atoms with Crippen molar-refractivity contribution in [2.75, 3.05) is 5.75 Å². The molecule has 1 atom stereocenters. The van der Waals surface area contributed by atoms with Crippen molar-refractivity contribution in [3.8, 4) is 0 Å². The molecule has 0 aromatic heterocycles. The van der Waals surface area contributed by atoms with Crippen molar-refractivity contribution in [2.24, 2.45) is 5.73 Å². The maximum absolute atomic E-state index is 13.2. The summed E-state index contributed by atoms with van der Waals surface area (Å²) in [6, 6.07) is 12.4. The Kier molecular flexibility index (Phi) is 5.90. The lowest BCUT2D eigenvalue weighted by molar-refractivity contribution is 0.623. The molecule has 2 rings (SSSR count). The molecule has 0 fully saturated rings. The highest BCUT2D eigenvalue weighted by molar-refractivity contribution is 9.10. The van der Waals surface area contributed by atoms with Crippen LogP contribution in [0.3, 0.4) is 0 Å². The van der Waals surface area contributed by atoms with Crippen molar-refractivity contribution in [2.45, 2.75) is 17.4 Å². The van der Waals surface area contributed by atoms with Crippen LogP contribution in [0.15, 0.2) is 51.8 Å².